The van der Waals surface area contributed by atoms with Gasteiger partial charge in [-0.1, -0.05) is 42.0 Å². The van der Waals surface area contributed by atoms with E-state index in [4.69, 9.17) is 9.47 Å². The highest BCUT2D eigenvalue weighted by Crippen LogP contribution is 2.42. The van der Waals surface area contributed by atoms with Crippen molar-refractivity contribution in [1.29, 1.82) is 0 Å². The highest BCUT2D eigenvalue weighted by Gasteiger charge is 2.46. The van der Waals surface area contributed by atoms with Crippen molar-refractivity contribution in [2.45, 2.75) is 33.4 Å². The standard InChI is InChI=1S/C29H28FNO5/c1-4-35-22-13-14-23(24(16-22)36-5-2)27(32)25-26(20-8-6-7-18(3)15-20)31(29(34)28(25)33)17-19-9-11-21(30)12-10-19/h6-16,26,32H,4-5,17H2,1-3H3/b27-25-. The number of hydrogen-bond donors (Lipinski definition) is 1. The maximum atomic E-state index is 13.5. The first kappa shape index (κ1) is 25.0. The van der Waals surface area contributed by atoms with E-state index in [1.54, 1.807) is 30.3 Å². The van der Waals surface area contributed by atoms with Crippen LogP contribution in [-0.4, -0.2) is 34.9 Å². The summed E-state index contributed by atoms with van der Waals surface area (Å²) >= 11 is 0. The van der Waals surface area contributed by atoms with E-state index in [-0.39, 0.29) is 23.4 Å². The zero-order chi connectivity index (χ0) is 25.8. The number of aryl methyl sites for hydroxylation is 1. The van der Waals surface area contributed by atoms with Crippen LogP contribution in [0.15, 0.2) is 72.3 Å². The summed E-state index contributed by atoms with van der Waals surface area (Å²) in [6, 6.07) is 17.3. The Labute approximate surface area is 209 Å². The van der Waals surface area contributed by atoms with Gasteiger partial charge in [-0.25, -0.2) is 4.39 Å². The second kappa shape index (κ2) is 10.6. The van der Waals surface area contributed by atoms with Gasteiger partial charge in [0.15, 0.2) is 0 Å². The van der Waals surface area contributed by atoms with Crippen LogP contribution in [0.1, 0.15) is 42.1 Å². The average Bonchev–Trinajstić information content (AvgIpc) is 3.10. The first-order chi connectivity index (χ1) is 17.3. The number of ketones is 1. The maximum absolute atomic E-state index is 13.5. The van der Waals surface area contributed by atoms with Gasteiger partial charge >= 0.3 is 0 Å². The van der Waals surface area contributed by atoms with Crippen LogP contribution >= 0.6 is 0 Å². The first-order valence-electron chi connectivity index (χ1n) is 11.8. The second-order valence-corrected chi connectivity index (χ2v) is 8.49. The van der Waals surface area contributed by atoms with Crippen molar-refractivity contribution in [3.63, 3.8) is 0 Å². The average molecular weight is 490 g/mol. The Bertz CT molecular complexity index is 1320. The normalized spacial score (nSPS) is 16.9. The smallest absolute Gasteiger partial charge is 0.295 e. The van der Waals surface area contributed by atoms with Gasteiger partial charge in [0.25, 0.3) is 11.7 Å². The van der Waals surface area contributed by atoms with E-state index in [2.05, 4.69) is 0 Å². The number of ether oxygens (including phenoxy) is 2. The van der Waals surface area contributed by atoms with Crippen molar-refractivity contribution in [2.75, 3.05) is 13.2 Å². The molecule has 36 heavy (non-hydrogen) atoms. The van der Waals surface area contributed by atoms with Crippen LogP contribution in [0.25, 0.3) is 5.76 Å². The third-order valence-corrected chi connectivity index (χ3v) is 5.98. The summed E-state index contributed by atoms with van der Waals surface area (Å²) < 4.78 is 24.8. The van der Waals surface area contributed by atoms with Crippen LogP contribution in [0.2, 0.25) is 0 Å². The number of hydrogen-bond acceptors (Lipinski definition) is 5. The van der Waals surface area contributed by atoms with Gasteiger partial charge in [-0.05, 0) is 56.2 Å². The Morgan fingerprint density at radius 3 is 2.36 bits per heavy atom. The molecule has 1 saturated heterocycles. The molecule has 0 bridgehead atoms. The molecule has 6 nitrogen and oxygen atoms in total. The number of aliphatic hydroxyl groups excluding tert-OH is 1. The van der Waals surface area contributed by atoms with Crippen molar-refractivity contribution in [3.05, 3.63) is 100 Å². The van der Waals surface area contributed by atoms with Gasteiger partial charge in [-0.2, -0.15) is 0 Å². The molecule has 3 aromatic rings. The van der Waals surface area contributed by atoms with E-state index >= 15 is 0 Å². The Morgan fingerprint density at radius 1 is 0.972 bits per heavy atom. The van der Waals surface area contributed by atoms with E-state index in [0.717, 1.165) is 5.56 Å². The zero-order valence-electron chi connectivity index (χ0n) is 20.5. The van der Waals surface area contributed by atoms with Gasteiger partial charge < -0.3 is 19.5 Å². The molecule has 1 amide bonds. The number of amides is 1. The number of Topliss-reactive ketones (excluding diaryl/α,β-unsaturated/α-hetero) is 1. The molecule has 0 aliphatic carbocycles. The van der Waals surface area contributed by atoms with Gasteiger partial charge in [0.1, 0.15) is 23.1 Å². The molecular weight excluding hydrogens is 461 g/mol. The molecule has 1 aliphatic rings. The number of aliphatic hydroxyl groups is 1. The van der Waals surface area contributed by atoms with Gasteiger partial charge in [-0.15, -0.1) is 0 Å². The highest BCUT2D eigenvalue weighted by molar-refractivity contribution is 6.46. The molecule has 1 heterocycles. The molecule has 0 spiro atoms. The predicted molar refractivity (Wildman–Crippen MR) is 134 cm³/mol. The Balaban J connectivity index is 1.87. The lowest BCUT2D eigenvalue weighted by molar-refractivity contribution is -0.140. The minimum Gasteiger partial charge on any atom is -0.507 e. The van der Waals surface area contributed by atoms with E-state index in [1.165, 1.54) is 17.0 Å². The van der Waals surface area contributed by atoms with Gasteiger partial charge in [0.05, 0.1) is 30.4 Å². The van der Waals surface area contributed by atoms with Crippen LogP contribution in [0.5, 0.6) is 11.5 Å². The third-order valence-electron chi connectivity index (χ3n) is 5.98. The largest absolute Gasteiger partial charge is 0.507 e. The lowest BCUT2D eigenvalue weighted by Gasteiger charge is -2.26. The minimum absolute atomic E-state index is 0.0298. The number of benzene rings is 3. The quantitative estimate of drug-likeness (QED) is 0.255. The third kappa shape index (κ3) is 4.96. The maximum Gasteiger partial charge on any atom is 0.295 e. The Morgan fingerprint density at radius 2 is 1.69 bits per heavy atom. The SMILES string of the molecule is CCOc1ccc(/C(O)=C2/C(=O)C(=O)N(Cc3ccc(F)cc3)C2c2cccc(C)c2)c(OCC)c1. The topological polar surface area (TPSA) is 76.1 Å². The molecule has 1 unspecified atom stereocenters. The van der Waals surface area contributed by atoms with Crippen molar-refractivity contribution < 1.29 is 28.6 Å². The van der Waals surface area contributed by atoms with Gasteiger partial charge in [0.2, 0.25) is 0 Å². The van der Waals surface area contributed by atoms with Gasteiger partial charge in [-0.3, -0.25) is 9.59 Å². The molecule has 3 aromatic carbocycles. The van der Waals surface area contributed by atoms with Gasteiger partial charge in [0, 0.05) is 12.6 Å². The summed E-state index contributed by atoms with van der Waals surface area (Å²) in [5.41, 5.74) is 2.54. The highest BCUT2D eigenvalue weighted by atomic mass is 19.1. The van der Waals surface area contributed by atoms with Crippen molar-refractivity contribution in [1.82, 2.24) is 4.90 Å². The van der Waals surface area contributed by atoms with Crippen LogP contribution in [0.4, 0.5) is 4.39 Å². The summed E-state index contributed by atoms with van der Waals surface area (Å²) in [7, 11) is 0. The fraction of sp³-hybridized carbons (Fsp3) is 0.241. The van der Waals surface area contributed by atoms with Crippen molar-refractivity contribution in [3.8, 4) is 11.5 Å². The molecular formula is C29H28FNO5. The minimum atomic E-state index is -0.837. The molecule has 0 radical (unpaired) electrons. The first-order valence-corrected chi connectivity index (χ1v) is 11.8. The number of nitrogens with zero attached hydrogens (tertiary/aromatic N) is 1. The van der Waals surface area contributed by atoms with Crippen molar-refractivity contribution >= 4 is 17.4 Å². The zero-order valence-corrected chi connectivity index (χ0v) is 20.5. The number of rotatable bonds is 8. The van der Waals surface area contributed by atoms with E-state index in [1.807, 2.05) is 45.0 Å². The summed E-state index contributed by atoms with van der Waals surface area (Å²) in [6.07, 6.45) is 0. The fourth-order valence-corrected chi connectivity index (χ4v) is 4.39. The molecule has 1 aliphatic heterocycles. The Kier molecular flexibility index (Phi) is 7.38. The summed E-state index contributed by atoms with van der Waals surface area (Å²) in [5.74, 6) is -1.35. The molecule has 0 saturated carbocycles. The number of halogens is 1. The van der Waals surface area contributed by atoms with Crippen LogP contribution < -0.4 is 9.47 Å². The Hall–Kier alpha value is -4.13. The molecule has 186 valence electrons. The molecule has 4 rings (SSSR count). The second-order valence-electron chi connectivity index (χ2n) is 8.49. The van der Waals surface area contributed by atoms with E-state index < -0.39 is 23.5 Å². The molecule has 7 heteroatoms. The van der Waals surface area contributed by atoms with Crippen LogP contribution in [-0.2, 0) is 16.1 Å². The molecule has 1 atom stereocenters. The predicted octanol–water partition coefficient (Wildman–Crippen LogP) is 5.55. The van der Waals surface area contributed by atoms with Crippen molar-refractivity contribution in [2.24, 2.45) is 0 Å². The molecule has 0 aromatic heterocycles. The lowest BCUT2D eigenvalue weighted by Crippen LogP contribution is -2.29. The summed E-state index contributed by atoms with van der Waals surface area (Å²) in [4.78, 5) is 28.0. The van der Waals surface area contributed by atoms with Crippen LogP contribution in [0, 0.1) is 12.7 Å². The molecule has 1 fully saturated rings. The van der Waals surface area contributed by atoms with E-state index in [0.29, 0.717) is 35.8 Å². The van der Waals surface area contributed by atoms with Crippen LogP contribution in [0.3, 0.4) is 0 Å². The summed E-state index contributed by atoms with van der Waals surface area (Å²) in [6.45, 7) is 6.44. The monoisotopic (exact) mass is 489 g/mol. The number of carbonyl (C=O) groups excluding carboxylic acids is 2. The molecule has 1 N–H and O–H groups in total. The number of carbonyl (C=O) groups is 2. The fourth-order valence-electron chi connectivity index (χ4n) is 4.39. The van der Waals surface area contributed by atoms with E-state index in [9.17, 15) is 19.1 Å². The lowest BCUT2D eigenvalue weighted by atomic mass is 9.94. The summed E-state index contributed by atoms with van der Waals surface area (Å²) in [5, 5.41) is 11.5. The number of likely N-dealkylation sites (tertiary alicyclic amines) is 1.